The molecule has 0 saturated heterocycles. The average Bonchev–Trinajstić information content (AvgIpc) is 0.818. The Morgan fingerprint density at radius 1 is 0.244 bits per heavy atom. The molecular formula is C67H94F28O24. The van der Waals surface area contributed by atoms with E-state index in [0.717, 1.165) is 0 Å². The van der Waals surface area contributed by atoms with Gasteiger partial charge in [-0.2, -0.15) is 105 Å². The van der Waals surface area contributed by atoms with Gasteiger partial charge < -0.3 is 56.8 Å². The molecule has 0 bridgehead atoms. The van der Waals surface area contributed by atoms with Crippen molar-refractivity contribution in [3.05, 3.63) is 0 Å². The molecule has 0 aromatic rings. The molecule has 52 heteroatoms. The monoisotopic (exact) mass is 1810 g/mol. The van der Waals surface area contributed by atoms with Crippen molar-refractivity contribution in [1.29, 1.82) is 0 Å². The fraction of sp³-hybridized carbons (Fsp3) is 0.821. The molecule has 0 heterocycles. The third-order valence-corrected chi connectivity index (χ3v) is 14.8. The third kappa shape index (κ3) is 53.2. The molecule has 0 aliphatic carbocycles. The normalized spacial score (nSPS) is 13.2. The lowest BCUT2D eigenvalue weighted by Crippen LogP contribution is -2.45. The van der Waals surface area contributed by atoms with Crippen molar-refractivity contribution in [3.8, 4) is 0 Å². The lowest BCUT2D eigenvalue weighted by molar-refractivity contribution is -0.281. The Balaban J connectivity index is -0.000000322. The summed E-state index contributed by atoms with van der Waals surface area (Å²) in [6.45, 7) is 17.4. The van der Waals surface area contributed by atoms with Crippen molar-refractivity contribution in [1.82, 2.24) is 0 Å². The Bertz CT molecular complexity index is 3080. The van der Waals surface area contributed by atoms with Gasteiger partial charge in [-0.05, 0) is 80.1 Å². The first-order valence-corrected chi connectivity index (χ1v) is 34.6. The molecule has 0 radical (unpaired) electrons. The molecule has 0 saturated carbocycles. The maximum atomic E-state index is 12.8. The average molecular weight is 1820 g/mol. The van der Waals surface area contributed by atoms with Gasteiger partial charge in [-0.25, -0.2) is 46.3 Å². The van der Waals surface area contributed by atoms with Crippen molar-refractivity contribution in [2.75, 3.05) is 79.3 Å². The molecule has 0 aromatic heterocycles. The van der Waals surface area contributed by atoms with Crippen molar-refractivity contribution < 1.29 is 237 Å². The summed E-state index contributed by atoms with van der Waals surface area (Å²) in [6.07, 6.45) is -35.1. The summed E-state index contributed by atoms with van der Waals surface area (Å²) in [7, 11) is 0. The lowest BCUT2D eigenvalue weighted by atomic mass is 9.91. The summed E-state index contributed by atoms with van der Waals surface area (Å²) in [6, 6.07) is 0. The van der Waals surface area contributed by atoms with E-state index in [1.807, 2.05) is 0 Å². The van der Waals surface area contributed by atoms with Crippen LogP contribution < -0.4 is 0 Å². The van der Waals surface area contributed by atoms with Crippen molar-refractivity contribution in [3.63, 3.8) is 0 Å². The van der Waals surface area contributed by atoms with E-state index in [4.69, 9.17) is 4.74 Å². The number of hydrogen-bond acceptors (Lipinski definition) is 24. The second kappa shape index (κ2) is 54.1. The van der Waals surface area contributed by atoms with E-state index in [-0.39, 0.29) is 12.5 Å². The van der Waals surface area contributed by atoms with Crippen LogP contribution in [-0.2, 0) is 114 Å². The highest BCUT2D eigenvalue weighted by atomic mass is 19.4. The van der Waals surface area contributed by atoms with Gasteiger partial charge in [0.25, 0.3) is 0 Å². The van der Waals surface area contributed by atoms with Crippen LogP contribution in [0.3, 0.4) is 0 Å². The molecule has 119 heavy (non-hydrogen) atoms. The van der Waals surface area contributed by atoms with E-state index in [1.54, 1.807) is 104 Å². The van der Waals surface area contributed by atoms with Crippen LogP contribution in [-0.4, -0.2) is 224 Å². The van der Waals surface area contributed by atoms with Crippen LogP contribution in [0.15, 0.2) is 0 Å². The molecule has 0 N–H and O–H groups in total. The standard InChI is InChI=1S/C12H17F5O4.C12H18F4O4.2C11H15F5O4.C11H16F4O4.C10H13F5O4/c1-4-10(2,3)8(18)20-5-6-21-9(19)11(13,14)7-12(15,16)17;1-4-11(2,3)9(17)19-5-6-20-10(18)12(15,16)7-8(13)14;1-4-9(2,3)7(17)19-5-6-20-8(18)10(12,13)11(14,15)16;1-3-7(2)8(17)19-4-5-20-9(18)10(12,13)6-11(14,15)16;1-3-7(2)9(16)18-4-5-19-10(17)11(14,15)6-8(12)13;1-3-6(2)7(16)18-4-5-19-8(17)9(11,12)10(13,14)15/h4-7H2,1-3H3;8H,4-7H2,1-3H3;4-6H2,1-3H3;7H,3-6H2,1-2H3;7-8H,3-6H2,1-2H3;6H,3-5H2,1-2H3. The fourth-order valence-electron chi connectivity index (χ4n) is 5.62. The first-order chi connectivity index (χ1) is 53.4. The topological polar surface area (TPSA) is 316 Å². The molecule has 0 spiro atoms. The number of carbonyl (C=O) groups is 12. The minimum Gasteiger partial charge on any atom is -0.462 e. The zero-order valence-corrected chi connectivity index (χ0v) is 66.3. The largest absolute Gasteiger partial charge is 0.465 e. The smallest absolute Gasteiger partial charge is 0.462 e. The van der Waals surface area contributed by atoms with Gasteiger partial charge >= 0.3 is 132 Å². The van der Waals surface area contributed by atoms with Gasteiger partial charge in [-0.15, -0.1) is 0 Å². The molecule has 702 valence electrons. The number of esters is 12. The summed E-state index contributed by atoms with van der Waals surface area (Å²) < 4.78 is 392. The Labute approximate surface area is 662 Å². The van der Waals surface area contributed by atoms with E-state index in [0.29, 0.717) is 38.5 Å². The first-order valence-electron chi connectivity index (χ1n) is 34.6. The minimum atomic E-state index is -6.02. The highest BCUT2D eigenvalue weighted by molar-refractivity contribution is 5.81. The molecule has 3 atom stereocenters. The first kappa shape index (κ1) is 122. The summed E-state index contributed by atoms with van der Waals surface area (Å²) >= 11 is 0. The highest BCUT2D eigenvalue weighted by Gasteiger charge is 2.66. The number of alkyl halides is 28. The van der Waals surface area contributed by atoms with Crippen LogP contribution in [0.5, 0.6) is 0 Å². The van der Waals surface area contributed by atoms with Gasteiger partial charge in [0, 0.05) is 0 Å². The number of ether oxygens (including phenoxy) is 12. The summed E-state index contributed by atoms with van der Waals surface area (Å²) in [5.41, 5.74) is -2.34. The van der Waals surface area contributed by atoms with Crippen LogP contribution in [0, 0.1) is 34.0 Å². The maximum absolute atomic E-state index is 12.8. The molecule has 24 nitrogen and oxygen atoms in total. The predicted octanol–water partition coefficient (Wildman–Crippen LogP) is 16.0. The lowest BCUT2D eigenvalue weighted by Gasteiger charge is -2.21. The fourth-order valence-corrected chi connectivity index (χ4v) is 5.62. The number of hydrogen-bond donors (Lipinski definition) is 0. The SMILES string of the molecule is CCC(C)(C)C(=O)OCCOC(=O)C(F)(F)C(F)(F)F.CCC(C)(C)C(=O)OCCOC(=O)C(F)(F)CC(F)(F)F.CCC(C)(C)C(=O)OCCOC(=O)C(F)(F)CC(F)F.CCC(C)C(=O)OCCOC(=O)C(F)(F)C(F)(F)F.CCC(C)C(=O)OCCOC(=O)C(F)(F)CC(F)(F)F.CCC(C)C(=O)OCCOC(=O)C(F)(F)CC(F)F. The zero-order valence-electron chi connectivity index (χ0n) is 66.3. The molecule has 0 aromatic carbocycles. The van der Waals surface area contributed by atoms with Crippen LogP contribution in [0.1, 0.15) is 168 Å². The van der Waals surface area contributed by atoms with Crippen LogP contribution in [0.25, 0.3) is 0 Å². The summed E-state index contributed by atoms with van der Waals surface area (Å²) in [4.78, 5) is 132. The Morgan fingerprint density at radius 3 is 0.555 bits per heavy atom. The molecule has 3 unspecified atom stereocenters. The predicted molar refractivity (Wildman–Crippen MR) is 346 cm³/mol. The van der Waals surface area contributed by atoms with Gasteiger partial charge in [0.2, 0.25) is 12.9 Å². The molecule has 0 aliphatic heterocycles. The molecule has 0 amide bonds. The quantitative estimate of drug-likeness (QED) is 0.0237. The molecule has 0 rings (SSSR count). The van der Waals surface area contributed by atoms with E-state index >= 15 is 0 Å². The number of rotatable bonds is 42. The van der Waals surface area contributed by atoms with Gasteiger partial charge in [0.15, 0.2) is 0 Å². The van der Waals surface area contributed by atoms with E-state index in [1.165, 1.54) is 0 Å². The van der Waals surface area contributed by atoms with Gasteiger partial charge in [-0.1, -0.05) is 62.3 Å². The van der Waals surface area contributed by atoms with Crippen LogP contribution in [0.4, 0.5) is 123 Å². The van der Waals surface area contributed by atoms with Crippen molar-refractivity contribution >= 4 is 71.6 Å². The molecular weight excluding hydrogens is 1720 g/mol. The third-order valence-electron chi connectivity index (χ3n) is 14.8. The van der Waals surface area contributed by atoms with Crippen LogP contribution in [0.2, 0.25) is 0 Å². The molecule has 0 fully saturated rings. The summed E-state index contributed by atoms with van der Waals surface area (Å²) in [5, 5.41) is 0. The van der Waals surface area contributed by atoms with Gasteiger partial charge in [0.1, 0.15) is 92.1 Å². The van der Waals surface area contributed by atoms with E-state index in [2.05, 4.69) is 52.1 Å². The van der Waals surface area contributed by atoms with E-state index < -0.39 is 271 Å². The highest BCUT2D eigenvalue weighted by Crippen LogP contribution is 2.39. The zero-order chi connectivity index (χ0) is 95.4. The van der Waals surface area contributed by atoms with E-state index in [9.17, 15) is 180 Å². The Hall–Kier alpha value is -8.32. The Kier molecular flexibility index (Phi) is 55.3. The Morgan fingerprint density at radius 2 is 0.403 bits per heavy atom. The second-order valence-corrected chi connectivity index (χ2v) is 26.1. The minimum absolute atomic E-state index is 0.351. The van der Waals surface area contributed by atoms with Crippen molar-refractivity contribution in [2.24, 2.45) is 34.0 Å². The van der Waals surface area contributed by atoms with Crippen LogP contribution >= 0.6 is 0 Å². The number of halogens is 28. The number of carbonyl (C=O) groups excluding carboxylic acids is 12. The van der Waals surface area contributed by atoms with Gasteiger partial charge in [0.05, 0.1) is 46.8 Å². The molecule has 0 aliphatic rings. The van der Waals surface area contributed by atoms with Gasteiger partial charge in [-0.3, -0.25) is 28.8 Å². The second-order valence-electron chi connectivity index (χ2n) is 26.1. The maximum Gasteiger partial charge on any atom is 0.465 e. The van der Waals surface area contributed by atoms with Crippen molar-refractivity contribution in [2.45, 2.75) is 241 Å². The summed E-state index contributed by atoms with van der Waals surface area (Å²) in [5.74, 6) is -48.0.